The van der Waals surface area contributed by atoms with Crippen LogP contribution in [0.1, 0.15) is 19.3 Å². The van der Waals surface area contributed by atoms with E-state index in [4.69, 9.17) is 9.47 Å². The van der Waals surface area contributed by atoms with Crippen molar-refractivity contribution in [2.45, 2.75) is 37.6 Å². The molecule has 0 aromatic rings. The first kappa shape index (κ1) is 8.97. The number of aliphatic hydroxyl groups is 1. The Morgan fingerprint density at radius 1 is 1.18 bits per heavy atom. The molecular weight excluding hydrogens is 144 g/mol. The van der Waals surface area contributed by atoms with Crippen LogP contribution in [-0.2, 0) is 9.47 Å². The summed E-state index contributed by atoms with van der Waals surface area (Å²) >= 11 is 0. The SMILES string of the molecule is COC1CCC(OC)C(O)C1. The highest BCUT2D eigenvalue weighted by atomic mass is 16.5. The van der Waals surface area contributed by atoms with Crippen LogP contribution < -0.4 is 0 Å². The summed E-state index contributed by atoms with van der Waals surface area (Å²) in [6.07, 6.45) is 2.48. The molecular formula is C8H16O3. The van der Waals surface area contributed by atoms with Gasteiger partial charge in [-0.2, -0.15) is 0 Å². The van der Waals surface area contributed by atoms with E-state index in [1.54, 1.807) is 14.2 Å². The summed E-state index contributed by atoms with van der Waals surface area (Å²) in [5, 5.41) is 9.47. The molecule has 1 saturated carbocycles. The van der Waals surface area contributed by atoms with Crippen molar-refractivity contribution in [3.63, 3.8) is 0 Å². The van der Waals surface area contributed by atoms with Gasteiger partial charge in [-0.25, -0.2) is 0 Å². The van der Waals surface area contributed by atoms with Gasteiger partial charge in [-0.1, -0.05) is 0 Å². The summed E-state index contributed by atoms with van der Waals surface area (Å²) in [4.78, 5) is 0. The average molecular weight is 160 g/mol. The number of rotatable bonds is 2. The molecule has 3 atom stereocenters. The fraction of sp³-hybridized carbons (Fsp3) is 1.00. The van der Waals surface area contributed by atoms with Gasteiger partial charge < -0.3 is 14.6 Å². The van der Waals surface area contributed by atoms with E-state index in [1.165, 1.54) is 0 Å². The van der Waals surface area contributed by atoms with E-state index in [0.29, 0.717) is 6.42 Å². The van der Waals surface area contributed by atoms with Crippen molar-refractivity contribution in [1.82, 2.24) is 0 Å². The van der Waals surface area contributed by atoms with Crippen molar-refractivity contribution in [1.29, 1.82) is 0 Å². The van der Waals surface area contributed by atoms with E-state index in [-0.39, 0.29) is 18.3 Å². The molecule has 0 aromatic heterocycles. The molecule has 0 saturated heterocycles. The Balaban J connectivity index is 2.34. The summed E-state index contributed by atoms with van der Waals surface area (Å²) in [5.41, 5.74) is 0. The number of hydrogen-bond donors (Lipinski definition) is 1. The molecule has 1 aliphatic carbocycles. The van der Waals surface area contributed by atoms with Gasteiger partial charge >= 0.3 is 0 Å². The van der Waals surface area contributed by atoms with Crippen molar-refractivity contribution in [3.8, 4) is 0 Å². The molecule has 0 radical (unpaired) electrons. The van der Waals surface area contributed by atoms with Crippen LogP contribution in [0.2, 0.25) is 0 Å². The Morgan fingerprint density at radius 3 is 2.36 bits per heavy atom. The zero-order valence-corrected chi connectivity index (χ0v) is 7.12. The fourth-order valence-electron chi connectivity index (χ4n) is 1.57. The Kier molecular flexibility index (Phi) is 3.30. The smallest absolute Gasteiger partial charge is 0.0832 e. The first-order valence-corrected chi connectivity index (χ1v) is 4.01. The van der Waals surface area contributed by atoms with Crippen LogP contribution in [0.25, 0.3) is 0 Å². The number of methoxy groups -OCH3 is 2. The van der Waals surface area contributed by atoms with Gasteiger partial charge in [0.25, 0.3) is 0 Å². The molecule has 3 nitrogen and oxygen atoms in total. The van der Waals surface area contributed by atoms with Crippen LogP contribution in [0.15, 0.2) is 0 Å². The van der Waals surface area contributed by atoms with Crippen molar-refractivity contribution in [2.24, 2.45) is 0 Å². The van der Waals surface area contributed by atoms with Crippen LogP contribution in [0.4, 0.5) is 0 Å². The van der Waals surface area contributed by atoms with Gasteiger partial charge in [0.15, 0.2) is 0 Å². The van der Waals surface area contributed by atoms with E-state index >= 15 is 0 Å². The Hall–Kier alpha value is -0.120. The fourth-order valence-corrected chi connectivity index (χ4v) is 1.57. The van der Waals surface area contributed by atoms with Gasteiger partial charge in [0.2, 0.25) is 0 Å². The highest BCUT2D eigenvalue weighted by Crippen LogP contribution is 2.22. The molecule has 0 spiro atoms. The lowest BCUT2D eigenvalue weighted by molar-refractivity contribution is -0.0776. The van der Waals surface area contributed by atoms with E-state index < -0.39 is 0 Å². The molecule has 3 heteroatoms. The molecule has 1 rings (SSSR count). The minimum absolute atomic E-state index is 0.0152. The maximum Gasteiger partial charge on any atom is 0.0832 e. The Labute approximate surface area is 67.3 Å². The molecule has 0 aromatic carbocycles. The largest absolute Gasteiger partial charge is 0.390 e. The molecule has 0 aliphatic heterocycles. The van der Waals surface area contributed by atoms with E-state index in [1.807, 2.05) is 0 Å². The second kappa shape index (κ2) is 4.04. The zero-order chi connectivity index (χ0) is 8.27. The van der Waals surface area contributed by atoms with Crippen molar-refractivity contribution in [2.75, 3.05) is 14.2 Å². The van der Waals surface area contributed by atoms with Gasteiger partial charge in [0.05, 0.1) is 18.3 Å². The lowest BCUT2D eigenvalue weighted by Gasteiger charge is -2.31. The van der Waals surface area contributed by atoms with Crippen LogP contribution >= 0.6 is 0 Å². The summed E-state index contributed by atoms with van der Waals surface area (Å²) in [7, 11) is 3.32. The van der Waals surface area contributed by atoms with Gasteiger partial charge in [-0.05, 0) is 12.8 Å². The number of ether oxygens (including phenoxy) is 2. The van der Waals surface area contributed by atoms with Crippen LogP contribution in [0, 0.1) is 0 Å². The minimum Gasteiger partial charge on any atom is -0.390 e. The van der Waals surface area contributed by atoms with Gasteiger partial charge in [-0.15, -0.1) is 0 Å². The second-order valence-electron chi connectivity index (χ2n) is 3.01. The molecule has 1 N–H and O–H groups in total. The third-order valence-electron chi connectivity index (χ3n) is 2.34. The van der Waals surface area contributed by atoms with Crippen LogP contribution in [-0.4, -0.2) is 37.6 Å². The number of aliphatic hydroxyl groups excluding tert-OH is 1. The molecule has 0 bridgehead atoms. The average Bonchev–Trinajstić information content (AvgIpc) is 2.04. The molecule has 66 valence electrons. The van der Waals surface area contributed by atoms with E-state index in [2.05, 4.69) is 0 Å². The predicted octanol–water partition coefficient (Wildman–Crippen LogP) is 0.561. The van der Waals surface area contributed by atoms with Crippen molar-refractivity contribution >= 4 is 0 Å². The van der Waals surface area contributed by atoms with Crippen molar-refractivity contribution < 1.29 is 14.6 Å². The molecule has 0 heterocycles. The predicted molar refractivity (Wildman–Crippen MR) is 41.5 cm³/mol. The lowest BCUT2D eigenvalue weighted by Crippen LogP contribution is -2.37. The Morgan fingerprint density at radius 2 is 1.91 bits per heavy atom. The van der Waals surface area contributed by atoms with Gasteiger partial charge in [0, 0.05) is 20.6 Å². The normalized spacial score (nSPS) is 39.0. The molecule has 3 unspecified atom stereocenters. The summed E-state index contributed by atoms with van der Waals surface area (Å²) in [6, 6.07) is 0. The van der Waals surface area contributed by atoms with E-state index in [0.717, 1.165) is 12.8 Å². The summed E-state index contributed by atoms with van der Waals surface area (Å²) < 4.78 is 10.2. The molecule has 0 amide bonds. The monoisotopic (exact) mass is 160 g/mol. The highest BCUT2D eigenvalue weighted by molar-refractivity contribution is 4.80. The summed E-state index contributed by atoms with van der Waals surface area (Å²) in [5.74, 6) is 0. The lowest BCUT2D eigenvalue weighted by atomic mass is 9.92. The molecule has 1 fully saturated rings. The minimum atomic E-state index is -0.348. The van der Waals surface area contributed by atoms with Crippen LogP contribution in [0.3, 0.4) is 0 Å². The third kappa shape index (κ3) is 2.15. The third-order valence-corrected chi connectivity index (χ3v) is 2.34. The topological polar surface area (TPSA) is 38.7 Å². The van der Waals surface area contributed by atoms with Gasteiger partial charge in [0.1, 0.15) is 0 Å². The molecule has 1 aliphatic rings. The van der Waals surface area contributed by atoms with Gasteiger partial charge in [-0.3, -0.25) is 0 Å². The van der Waals surface area contributed by atoms with Crippen LogP contribution in [0.5, 0.6) is 0 Å². The highest BCUT2D eigenvalue weighted by Gasteiger charge is 2.28. The first-order valence-electron chi connectivity index (χ1n) is 4.01. The molecule has 11 heavy (non-hydrogen) atoms. The maximum absolute atomic E-state index is 9.47. The second-order valence-corrected chi connectivity index (χ2v) is 3.01. The Bertz CT molecular complexity index is 116. The quantitative estimate of drug-likeness (QED) is 0.641. The standard InChI is InChI=1S/C8H16O3/c1-10-6-3-4-8(11-2)7(9)5-6/h6-9H,3-5H2,1-2H3. The summed E-state index contributed by atoms with van der Waals surface area (Å²) in [6.45, 7) is 0. The van der Waals surface area contributed by atoms with E-state index in [9.17, 15) is 5.11 Å². The van der Waals surface area contributed by atoms with Crippen molar-refractivity contribution in [3.05, 3.63) is 0 Å². The number of hydrogen-bond acceptors (Lipinski definition) is 3. The first-order chi connectivity index (χ1) is 5.27. The maximum atomic E-state index is 9.47. The zero-order valence-electron chi connectivity index (χ0n) is 7.12.